The van der Waals surface area contributed by atoms with Crippen LogP contribution in [0.15, 0.2) is 24.3 Å². The minimum atomic E-state index is -0.222. The zero-order chi connectivity index (χ0) is 11.0. The van der Waals surface area contributed by atoms with E-state index in [1.807, 2.05) is 13.8 Å². The number of nitrogens with two attached hydrogens (primary N) is 2. The van der Waals surface area contributed by atoms with Crippen LogP contribution in [-0.2, 0) is 6.42 Å². The van der Waals surface area contributed by atoms with Crippen molar-refractivity contribution < 1.29 is 4.39 Å². The maximum absolute atomic E-state index is 12.5. The molecule has 0 fully saturated rings. The fourth-order valence-corrected chi connectivity index (χ4v) is 1.01. The molecule has 1 unspecified atom stereocenters. The van der Waals surface area contributed by atoms with Crippen LogP contribution in [0.4, 0.5) is 4.39 Å². The summed E-state index contributed by atoms with van der Waals surface area (Å²) in [4.78, 5) is 0. The molecule has 0 aliphatic rings. The highest BCUT2D eigenvalue weighted by atomic mass is 19.1. The van der Waals surface area contributed by atoms with Crippen molar-refractivity contribution in [3.8, 4) is 0 Å². The molecular formula is C11H19FN2. The lowest BCUT2D eigenvalue weighted by atomic mass is 10.1. The van der Waals surface area contributed by atoms with Crippen molar-refractivity contribution in [2.24, 2.45) is 11.5 Å². The van der Waals surface area contributed by atoms with Gasteiger partial charge in [0, 0.05) is 12.6 Å². The van der Waals surface area contributed by atoms with Crippen molar-refractivity contribution in [3.05, 3.63) is 35.6 Å². The number of benzene rings is 1. The van der Waals surface area contributed by atoms with Gasteiger partial charge in [-0.25, -0.2) is 4.39 Å². The van der Waals surface area contributed by atoms with Crippen molar-refractivity contribution in [2.75, 3.05) is 6.54 Å². The molecule has 2 nitrogen and oxygen atoms in total. The van der Waals surface area contributed by atoms with Crippen LogP contribution in [0, 0.1) is 5.82 Å². The summed E-state index contributed by atoms with van der Waals surface area (Å²) in [5, 5.41) is 0. The van der Waals surface area contributed by atoms with E-state index in [1.165, 1.54) is 12.1 Å². The van der Waals surface area contributed by atoms with E-state index in [4.69, 9.17) is 11.5 Å². The van der Waals surface area contributed by atoms with Crippen LogP contribution in [0.25, 0.3) is 0 Å². The van der Waals surface area contributed by atoms with Crippen molar-refractivity contribution in [1.29, 1.82) is 0 Å². The van der Waals surface area contributed by atoms with Crippen LogP contribution in [0.2, 0.25) is 0 Å². The number of rotatable bonds is 3. The van der Waals surface area contributed by atoms with Gasteiger partial charge in [-0.15, -0.1) is 0 Å². The lowest BCUT2D eigenvalue weighted by Crippen LogP contribution is -2.31. The normalized spacial score (nSPS) is 11.5. The smallest absolute Gasteiger partial charge is 0.123 e. The third-order valence-corrected chi connectivity index (χ3v) is 1.71. The van der Waals surface area contributed by atoms with E-state index in [-0.39, 0.29) is 11.9 Å². The second-order valence-electron chi connectivity index (χ2n) is 2.83. The number of hydrogen-bond donors (Lipinski definition) is 2. The van der Waals surface area contributed by atoms with E-state index in [2.05, 4.69) is 0 Å². The Hall–Kier alpha value is -0.930. The summed E-state index contributed by atoms with van der Waals surface area (Å²) >= 11 is 0. The fourth-order valence-electron chi connectivity index (χ4n) is 1.01. The van der Waals surface area contributed by atoms with Crippen molar-refractivity contribution in [1.82, 2.24) is 0 Å². The van der Waals surface area contributed by atoms with Crippen LogP contribution in [0.5, 0.6) is 0 Å². The highest BCUT2D eigenvalue weighted by Crippen LogP contribution is 2.04. The molecule has 1 aromatic carbocycles. The third-order valence-electron chi connectivity index (χ3n) is 1.71. The molecule has 1 rings (SSSR count). The predicted molar refractivity (Wildman–Crippen MR) is 58.5 cm³/mol. The Labute approximate surface area is 85.1 Å². The molecule has 1 atom stereocenters. The van der Waals surface area contributed by atoms with Gasteiger partial charge >= 0.3 is 0 Å². The molecule has 0 radical (unpaired) electrons. The number of hydrogen-bond acceptors (Lipinski definition) is 2. The molecule has 0 bridgehead atoms. The van der Waals surface area contributed by atoms with E-state index in [9.17, 15) is 4.39 Å². The Morgan fingerprint density at radius 2 is 1.71 bits per heavy atom. The van der Waals surface area contributed by atoms with Gasteiger partial charge in [0.25, 0.3) is 0 Å². The summed E-state index contributed by atoms with van der Waals surface area (Å²) in [6.45, 7) is 4.46. The fraction of sp³-hybridized carbons (Fsp3) is 0.455. The minimum absolute atomic E-state index is 0.0320. The molecule has 80 valence electrons. The summed E-state index contributed by atoms with van der Waals surface area (Å²) < 4.78 is 12.5. The molecule has 0 amide bonds. The van der Waals surface area contributed by atoms with Crippen LogP contribution in [-0.4, -0.2) is 12.6 Å². The maximum atomic E-state index is 12.5. The summed E-state index contributed by atoms with van der Waals surface area (Å²) in [6, 6.07) is 6.28. The molecule has 0 saturated heterocycles. The Kier molecular flexibility index (Phi) is 6.98. The molecule has 0 aliphatic carbocycles. The molecule has 14 heavy (non-hydrogen) atoms. The van der Waals surface area contributed by atoms with E-state index in [0.29, 0.717) is 13.0 Å². The van der Waals surface area contributed by atoms with Crippen molar-refractivity contribution >= 4 is 0 Å². The zero-order valence-electron chi connectivity index (χ0n) is 8.83. The summed E-state index contributed by atoms with van der Waals surface area (Å²) in [6.07, 6.45) is 0.705. The van der Waals surface area contributed by atoms with Gasteiger partial charge in [0.05, 0.1) is 0 Å². The standard InChI is InChI=1S/C9H13FN2.C2H6/c10-8-3-1-7(2-4-8)5-9(12)6-11;1-2/h1-4,9H,5-6,11-12H2;1-2H3. The first-order valence-electron chi connectivity index (χ1n) is 4.92. The van der Waals surface area contributed by atoms with Gasteiger partial charge in [0.1, 0.15) is 5.82 Å². The predicted octanol–water partition coefficient (Wildman–Crippen LogP) is 1.68. The summed E-state index contributed by atoms with van der Waals surface area (Å²) in [5.41, 5.74) is 12.0. The molecule has 4 N–H and O–H groups in total. The summed E-state index contributed by atoms with van der Waals surface area (Å²) in [7, 11) is 0. The number of halogens is 1. The average Bonchev–Trinajstić information content (AvgIpc) is 2.24. The van der Waals surface area contributed by atoms with Crippen molar-refractivity contribution in [3.63, 3.8) is 0 Å². The van der Waals surface area contributed by atoms with Crippen LogP contribution in [0.1, 0.15) is 19.4 Å². The highest BCUT2D eigenvalue weighted by Gasteiger charge is 2.00. The molecule has 0 aromatic heterocycles. The monoisotopic (exact) mass is 198 g/mol. The van der Waals surface area contributed by atoms with E-state index >= 15 is 0 Å². The summed E-state index contributed by atoms with van der Waals surface area (Å²) in [5.74, 6) is -0.222. The SMILES string of the molecule is CC.NCC(N)Cc1ccc(F)cc1. The van der Waals surface area contributed by atoms with Gasteiger partial charge < -0.3 is 11.5 Å². The Bertz CT molecular complexity index is 234. The zero-order valence-corrected chi connectivity index (χ0v) is 8.83. The third kappa shape index (κ3) is 4.94. The maximum Gasteiger partial charge on any atom is 0.123 e. The average molecular weight is 198 g/mol. The quantitative estimate of drug-likeness (QED) is 0.776. The van der Waals surface area contributed by atoms with E-state index < -0.39 is 0 Å². The van der Waals surface area contributed by atoms with E-state index in [1.54, 1.807) is 12.1 Å². The van der Waals surface area contributed by atoms with Gasteiger partial charge in [-0.3, -0.25) is 0 Å². The molecule has 0 aliphatic heterocycles. The first-order chi connectivity index (χ1) is 6.72. The van der Waals surface area contributed by atoms with Gasteiger partial charge in [-0.2, -0.15) is 0 Å². The topological polar surface area (TPSA) is 52.0 Å². The largest absolute Gasteiger partial charge is 0.329 e. The van der Waals surface area contributed by atoms with Crippen molar-refractivity contribution in [2.45, 2.75) is 26.3 Å². The molecule has 0 heterocycles. The Morgan fingerprint density at radius 1 is 1.21 bits per heavy atom. The molecular weight excluding hydrogens is 179 g/mol. The van der Waals surface area contributed by atoms with Gasteiger partial charge in [-0.1, -0.05) is 26.0 Å². The van der Waals surface area contributed by atoms with Crippen LogP contribution >= 0.6 is 0 Å². The second kappa shape index (κ2) is 7.47. The lowest BCUT2D eigenvalue weighted by Gasteiger charge is -2.07. The molecule has 1 aromatic rings. The van der Waals surface area contributed by atoms with Gasteiger partial charge in [-0.05, 0) is 24.1 Å². The highest BCUT2D eigenvalue weighted by molar-refractivity contribution is 5.17. The minimum Gasteiger partial charge on any atom is -0.329 e. The van der Waals surface area contributed by atoms with Gasteiger partial charge in [0.15, 0.2) is 0 Å². The molecule has 3 heteroatoms. The molecule has 0 spiro atoms. The lowest BCUT2D eigenvalue weighted by molar-refractivity contribution is 0.624. The Morgan fingerprint density at radius 3 is 2.14 bits per heavy atom. The first kappa shape index (κ1) is 13.1. The van der Waals surface area contributed by atoms with Crippen LogP contribution < -0.4 is 11.5 Å². The first-order valence-corrected chi connectivity index (χ1v) is 4.92. The second-order valence-corrected chi connectivity index (χ2v) is 2.83. The van der Waals surface area contributed by atoms with Gasteiger partial charge in [0.2, 0.25) is 0 Å². The van der Waals surface area contributed by atoms with E-state index in [0.717, 1.165) is 5.56 Å². The Balaban J connectivity index is 0.000000791. The van der Waals surface area contributed by atoms with Crippen LogP contribution in [0.3, 0.4) is 0 Å². The molecule has 0 saturated carbocycles.